The van der Waals surface area contributed by atoms with Crippen molar-refractivity contribution >= 4 is 11.9 Å². The van der Waals surface area contributed by atoms with Gasteiger partial charge in [0.2, 0.25) is 5.91 Å². The first-order valence-electron chi connectivity index (χ1n) is 8.64. The molecule has 5 nitrogen and oxygen atoms in total. The molecule has 3 rings (SSSR count). The Hall–Kier alpha value is -2.11. The van der Waals surface area contributed by atoms with Crippen LogP contribution in [0.5, 0.6) is 0 Å². The molecule has 0 aromatic heterocycles. The molecule has 6 heteroatoms. The molecule has 0 spiro atoms. The van der Waals surface area contributed by atoms with Crippen LogP contribution in [0.2, 0.25) is 0 Å². The second-order valence-corrected chi connectivity index (χ2v) is 6.79. The van der Waals surface area contributed by atoms with E-state index < -0.39 is 6.03 Å². The lowest BCUT2D eigenvalue weighted by Crippen LogP contribution is -2.51. The molecule has 3 amide bonds. The number of hydrogen-bond donors (Lipinski definition) is 1. The quantitative estimate of drug-likeness (QED) is 0.921. The number of urea groups is 1. The van der Waals surface area contributed by atoms with Crippen LogP contribution < -0.4 is 5.73 Å². The first-order chi connectivity index (χ1) is 11.5. The summed E-state index contributed by atoms with van der Waals surface area (Å²) in [6, 6.07) is 5.76. The lowest BCUT2D eigenvalue weighted by Gasteiger charge is -2.35. The average Bonchev–Trinajstić information content (AvgIpc) is 3.07. The van der Waals surface area contributed by atoms with Crippen LogP contribution in [-0.2, 0) is 11.2 Å². The lowest BCUT2D eigenvalue weighted by atomic mass is 9.90. The summed E-state index contributed by atoms with van der Waals surface area (Å²) < 4.78 is 13.0. The van der Waals surface area contributed by atoms with Crippen molar-refractivity contribution in [2.24, 2.45) is 11.7 Å². The van der Waals surface area contributed by atoms with E-state index in [1.165, 1.54) is 17.0 Å². The van der Waals surface area contributed by atoms with Gasteiger partial charge in [-0.2, -0.15) is 0 Å². The summed E-state index contributed by atoms with van der Waals surface area (Å²) in [5.41, 5.74) is 6.50. The predicted octanol–water partition coefficient (Wildman–Crippen LogP) is 2.15. The predicted molar refractivity (Wildman–Crippen MR) is 88.7 cm³/mol. The molecule has 24 heavy (non-hydrogen) atoms. The summed E-state index contributed by atoms with van der Waals surface area (Å²) in [5, 5.41) is 0. The molecular weight excluding hydrogens is 309 g/mol. The number of halogens is 1. The number of piperidine rings is 1. The topological polar surface area (TPSA) is 66.6 Å². The average molecular weight is 333 g/mol. The highest BCUT2D eigenvalue weighted by Crippen LogP contribution is 2.25. The van der Waals surface area contributed by atoms with Crippen molar-refractivity contribution in [3.63, 3.8) is 0 Å². The molecule has 2 saturated heterocycles. The molecule has 2 aliphatic rings. The highest BCUT2D eigenvalue weighted by molar-refractivity contribution is 5.87. The molecule has 130 valence electrons. The Morgan fingerprint density at radius 1 is 1.08 bits per heavy atom. The van der Waals surface area contributed by atoms with Crippen LogP contribution in [0.15, 0.2) is 24.3 Å². The standard InChI is InChI=1S/C18H24FN3O2/c19-15-5-3-13(4-6-15)12-14-7-10-21(11-8-14)17(23)16-2-1-9-22(16)18(20)24/h3-6,14,16H,1-2,7-12H2,(H2,20,24)/t16-/m1/s1. The number of hydrogen-bond acceptors (Lipinski definition) is 2. The fourth-order valence-corrected chi connectivity index (χ4v) is 3.81. The summed E-state index contributed by atoms with van der Waals surface area (Å²) >= 11 is 0. The van der Waals surface area contributed by atoms with Crippen molar-refractivity contribution in [2.75, 3.05) is 19.6 Å². The van der Waals surface area contributed by atoms with Gasteiger partial charge in [0.25, 0.3) is 0 Å². The highest BCUT2D eigenvalue weighted by atomic mass is 19.1. The molecule has 2 N–H and O–H groups in total. The normalized spacial score (nSPS) is 22.0. The Morgan fingerprint density at radius 3 is 2.38 bits per heavy atom. The van der Waals surface area contributed by atoms with E-state index in [1.807, 2.05) is 17.0 Å². The van der Waals surface area contributed by atoms with Gasteiger partial charge >= 0.3 is 6.03 Å². The summed E-state index contributed by atoms with van der Waals surface area (Å²) in [5.74, 6) is 0.330. The number of amides is 3. The Labute approximate surface area is 141 Å². The van der Waals surface area contributed by atoms with Crippen LogP contribution in [-0.4, -0.2) is 47.4 Å². The Balaban J connectivity index is 1.52. The van der Waals surface area contributed by atoms with Crippen molar-refractivity contribution in [2.45, 2.75) is 38.1 Å². The molecule has 0 unspecified atom stereocenters. The van der Waals surface area contributed by atoms with E-state index in [0.717, 1.165) is 31.2 Å². The van der Waals surface area contributed by atoms with Crippen LogP contribution >= 0.6 is 0 Å². The number of carbonyl (C=O) groups is 2. The molecule has 0 saturated carbocycles. The van der Waals surface area contributed by atoms with Crippen LogP contribution in [0, 0.1) is 11.7 Å². The monoisotopic (exact) mass is 333 g/mol. The number of likely N-dealkylation sites (tertiary alicyclic amines) is 2. The van der Waals surface area contributed by atoms with Gasteiger partial charge in [0.05, 0.1) is 0 Å². The fourth-order valence-electron chi connectivity index (χ4n) is 3.81. The second kappa shape index (κ2) is 7.20. The zero-order valence-corrected chi connectivity index (χ0v) is 13.8. The number of carbonyl (C=O) groups excluding carboxylic acids is 2. The largest absolute Gasteiger partial charge is 0.351 e. The Morgan fingerprint density at radius 2 is 1.75 bits per heavy atom. The molecular formula is C18H24FN3O2. The maximum atomic E-state index is 13.0. The van der Waals surface area contributed by atoms with E-state index in [0.29, 0.717) is 32.0 Å². The van der Waals surface area contributed by atoms with Crippen LogP contribution in [0.4, 0.5) is 9.18 Å². The zero-order valence-electron chi connectivity index (χ0n) is 13.8. The van der Waals surface area contributed by atoms with E-state index in [9.17, 15) is 14.0 Å². The molecule has 1 atom stereocenters. The van der Waals surface area contributed by atoms with Gasteiger partial charge in [0, 0.05) is 19.6 Å². The fraction of sp³-hybridized carbons (Fsp3) is 0.556. The van der Waals surface area contributed by atoms with Crippen molar-refractivity contribution in [3.8, 4) is 0 Å². The molecule has 0 bridgehead atoms. The first kappa shape index (κ1) is 16.7. The lowest BCUT2D eigenvalue weighted by molar-refractivity contribution is -0.136. The zero-order chi connectivity index (χ0) is 17.1. The Kier molecular flexibility index (Phi) is 5.02. The third-order valence-electron chi connectivity index (χ3n) is 5.18. The molecule has 1 aromatic rings. The van der Waals surface area contributed by atoms with Gasteiger partial charge in [-0.15, -0.1) is 0 Å². The number of rotatable bonds is 3. The smallest absolute Gasteiger partial charge is 0.315 e. The van der Waals surface area contributed by atoms with Gasteiger partial charge in [0.1, 0.15) is 11.9 Å². The van der Waals surface area contributed by atoms with Crippen LogP contribution in [0.1, 0.15) is 31.2 Å². The highest BCUT2D eigenvalue weighted by Gasteiger charge is 2.36. The van der Waals surface area contributed by atoms with Gasteiger partial charge in [-0.25, -0.2) is 9.18 Å². The molecule has 2 fully saturated rings. The minimum atomic E-state index is -0.503. The van der Waals surface area contributed by atoms with Gasteiger partial charge < -0.3 is 15.5 Å². The second-order valence-electron chi connectivity index (χ2n) is 6.79. The van der Waals surface area contributed by atoms with Gasteiger partial charge in [-0.3, -0.25) is 4.79 Å². The van der Waals surface area contributed by atoms with Crippen LogP contribution in [0.3, 0.4) is 0 Å². The van der Waals surface area contributed by atoms with Crippen molar-refractivity contribution in [1.82, 2.24) is 9.80 Å². The maximum Gasteiger partial charge on any atom is 0.315 e. The number of nitrogens with two attached hydrogens (primary N) is 1. The van der Waals surface area contributed by atoms with Gasteiger partial charge in [-0.1, -0.05) is 12.1 Å². The summed E-state index contributed by atoms with van der Waals surface area (Å²) in [4.78, 5) is 27.4. The minimum absolute atomic E-state index is 0.0338. The van der Waals surface area contributed by atoms with E-state index in [-0.39, 0.29) is 17.8 Å². The molecule has 2 aliphatic heterocycles. The van der Waals surface area contributed by atoms with Crippen LogP contribution in [0.25, 0.3) is 0 Å². The van der Waals surface area contributed by atoms with E-state index in [1.54, 1.807) is 0 Å². The number of benzene rings is 1. The summed E-state index contributed by atoms with van der Waals surface area (Å²) in [6.07, 6.45) is 4.33. The van der Waals surface area contributed by atoms with Gasteiger partial charge in [0.15, 0.2) is 0 Å². The van der Waals surface area contributed by atoms with E-state index in [2.05, 4.69) is 0 Å². The first-order valence-corrected chi connectivity index (χ1v) is 8.64. The summed E-state index contributed by atoms with van der Waals surface area (Å²) in [7, 11) is 0. The van der Waals surface area contributed by atoms with E-state index in [4.69, 9.17) is 5.73 Å². The SMILES string of the molecule is NC(=O)N1CCC[C@@H]1C(=O)N1CCC(Cc2ccc(F)cc2)CC1. The van der Waals surface area contributed by atoms with Crippen molar-refractivity contribution in [1.29, 1.82) is 0 Å². The van der Waals surface area contributed by atoms with Crippen molar-refractivity contribution < 1.29 is 14.0 Å². The minimum Gasteiger partial charge on any atom is -0.351 e. The molecule has 1 aromatic carbocycles. The maximum absolute atomic E-state index is 13.0. The molecule has 2 heterocycles. The molecule has 0 aliphatic carbocycles. The Bertz CT molecular complexity index is 597. The molecule has 0 radical (unpaired) electrons. The van der Waals surface area contributed by atoms with E-state index >= 15 is 0 Å². The van der Waals surface area contributed by atoms with Crippen molar-refractivity contribution in [3.05, 3.63) is 35.6 Å². The third kappa shape index (κ3) is 3.68. The summed E-state index contributed by atoms with van der Waals surface area (Å²) in [6.45, 7) is 2.01. The number of primary amides is 1. The number of nitrogens with zero attached hydrogens (tertiary/aromatic N) is 2. The van der Waals surface area contributed by atoms with Gasteiger partial charge in [-0.05, 0) is 55.7 Å². The third-order valence-corrected chi connectivity index (χ3v) is 5.18.